The van der Waals surface area contributed by atoms with Crippen LogP contribution < -0.4 is 5.46 Å². The summed E-state index contributed by atoms with van der Waals surface area (Å²) in [6.45, 7) is 0.291. The Kier molecular flexibility index (Phi) is 2.36. The molecule has 102 valence electrons. The van der Waals surface area contributed by atoms with Crippen molar-refractivity contribution in [3.05, 3.63) is 84.6 Å². The van der Waals surface area contributed by atoms with Crippen molar-refractivity contribution in [3.8, 4) is 0 Å². The highest BCUT2D eigenvalue weighted by molar-refractivity contribution is 6.79. The minimum Gasteiger partial charge on any atom is -0.389 e. The molecule has 0 unspecified atom stereocenters. The van der Waals surface area contributed by atoms with Crippen LogP contribution in [-0.4, -0.2) is 11.7 Å². The summed E-state index contributed by atoms with van der Waals surface area (Å²) in [5.74, 6) is 2.28. The fraction of sp³-hybridized carbons (Fsp3) is 0. The van der Waals surface area contributed by atoms with Gasteiger partial charge in [0.25, 0.3) is 0 Å². The van der Waals surface area contributed by atoms with Crippen molar-refractivity contribution in [2.45, 2.75) is 0 Å². The molecule has 0 amide bonds. The van der Waals surface area contributed by atoms with Gasteiger partial charge in [-0.25, -0.2) is 0 Å². The zero-order valence-electron chi connectivity index (χ0n) is 12.1. The molecule has 2 heteroatoms. The van der Waals surface area contributed by atoms with E-state index in [1.165, 1.54) is 32.6 Å². The molecule has 0 saturated heterocycles. The van der Waals surface area contributed by atoms with Crippen molar-refractivity contribution in [3.63, 3.8) is 0 Å². The van der Waals surface area contributed by atoms with Gasteiger partial charge in [0.05, 0.1) is 0 Å². The fourth-order valence-corrected chi connectivity index (χ4v) is 3.67. The first-order valence-corrected chi connectivity index (χ1v) is 7.67. The predicted molar refractivity (Wildman–Crippen MR) is 96.0 cm³/mol. The molecule has 3 aromatic carbocycles. The third-order valence-corrected chi connectivity index (χ3v) is 4.69. The second-order valence-electron chi connectivity index (χ2n) is 5.89. The summed E-state index contributed by atoms with van der Waals surface area (Å²) in [7, 11) is 0. The van der Waals surface area contributed by atoms with Crippen molar-refractivity contribution in [1.82, 2.24) is 4.81 Å². The van der Waals surface area contributed by atoms with Crippen LogP contribution in [-0.2, 0) is 0 Å². The first-order valence-electron chi connectivity index (χ1n) is 7.67. The Hall–Kier alpha value is -2.74. The zero-order chi connectivity index (χ0) is 14.5. The number of benzene rings is 3. The van der Waals surface area contributed by atoms with E-state index < -0.39 is 0 Å². The number of fused-ring (bicyclic) bond motifs is 7. The second kappa shape index (κ2) is 4.38. The maximum atomic E-state index is 2.28. The van der Waals surface area contributed by atoms with Crippen molar-refractivity contribution in [2.24, 2.45) is 0 Å². The third-order valence-electron chi connectivity index (χ3n) is 4.69. The lowest BCUT2D eigenvalue weighted by Crippen LogP contribution is -2.46. The molecule has 0 radical (unpaired) electrons. The number of nitrogens with zero attached hydrogens (tertiary/aromatic N) is 1. The first kappa shape index (κ1) is 11.9. The predicted octanol–water partition coefficient (Wildman–Crippen LogP) is 4.10. The van der Waals surface area contributed by atoms with Crippen LogP contribution >= 0.6 is 0 Å². The Morgan fingerprint density at radius 3 is 2.64 bits per heavy atom. The van der Waals surface area contributed by atoms with Crippen LogP contribution in [0.4, 0.5) is 0 Å². The van der Waals surface area contributed by atoms with E-state index >= 15 is 0 Å². The molecule has 1 nitrogen and oxygen atoms in total. The molecule has 0 bridgehead atoms. The molecule has 0 spiro atoms. The summed E-state index contributed by atoms with van der Waals surface area (Å²) < 4.78 is 0. The van der Waals surface area contributed by atoms with E-state index in [1.54, 1.807) is 0 Å². The minimum absolute atomic E-state index is 0.291. The number of allylic oxidation sites excluding steroid dienone is 2. The van der Waals surface area contributed by atoms with E-state index in [4.69, 9.17) is 0 Å². The Balaban J connectivity index is 1.96. The van der Waals surface area contributed by atoms with Crippen LogP contribution in [0, 0.1) is 0 Å². The van der Waals surface area contributed by atoms with E-state index in [1.807, 2.05) is 0 Å². The Labute approximate surface area is 130 Å². The summed E-state index contributed by atoms with van der Waals surface area (Å²) in [4.78, 5) is 2.28. The highest BCUT2D eigenvalue weighted by Crippen LogP contribution is 2.28. The molecule has 0 aliphatic carbocycles. The van der Waals surface area contributed by atoms with Crippen LogP contribution in [0.1, 0.15) is 5.56 Å². The quantitative estimate of drug-likeness (QED) is 0.442. The van der Waals surface area contributed by atoms with Crippen molar-refractivity contribution < 1.29 is 0 Å². The maximum absolute atomic E-state index is 2.28. The minimum atomic E-state index is 0.291. The van der Waals surface area contributed by atoms with Gasteiger partial charge in [0, 0.05) is 0 Å². The van der Waals surface area contributed by atoms with Gasteiger partial charge >= 0.3 is 6.85 Å². The lowest BCUT2D eigenvalue weighted by atomic mass is 9.50. The average Bonchev–Trinajstić information content (AvgIpc) is 2.60. The highest BCUT2D eigenvalue weighted by atomic mass is 15.0. The second-order valence-corrected chi connectivity index (χ2v) is 5.89. The van der Waals surface area contributed by atoms with Crippen LogP contribution in [0.25, 0.3) is 27.6 Å². The van der Waals surface area contributed by atoms with Crippen LogP contribution in [0.15, 0.2) is 79.1 Å². The van der Waals surface area contributed by atoms with E-state index in [0.29, 0.717) is 6.85 Å². The third kappa shape index (κ3) is 1.55. The van der Waals surface area contributed by atoms with Crippen molar-refractivity contribution in [2.75, 3.05) is 0 Å². The van der Waals surface area contributed by atoms with Gasteiger partial charge in [0.15, 0.2) is 0 Å². The number of hydrogen-bond acceptors (Lipinski definition) is 1. The fourth-order valence-electron chi connectivity index (χ4n) is 3.67. The number of rotatable bonds is 0. The average molecular weight is 279 g/mol. The van der Waals surface area contributed by atoms with E-state index in [2.05, 4.69) is 89.9 Å². The highest BCUT2D eigenvalue weighted by Gasteiger charge is 2.28. The summed E-state index contributed by atoms with van der Waals surface area (Å²) in [5, 5.41) is 5.35. The van der Waals surface area contributed by atoms with Crippen LogP contribution in [0.2, 0.25) is 0 Å². The van der Waals surface area contributed by atoms with Crippen molar-refractivity contribution in [1.29, 1.82) is 0 Å². The van der Waals surface area contributed by atoms with Crippen LogP contribution in [0.3, 0.4) is 0 Å². The molecule has 2 heterocycles. The molecular weight excluding hydrogens is 265 g/mol. The molecule has 0 saturated carbocycles. The van der Waals surface area contributed by atoms with Gasteiger partial charge in [-0.05, 0) is 57.1 Å². The monoisotopic (exact) mass is 279 g/mol. The Morgan fingerprint density at radius 2 is 1.64 bits per heavy atom. The largest absolute Gasteiger partial charge is 0.389 e. The van der Waals surface area contributed by atoms with Gasteiger partial charge in [-0.15, -0.1) is 0 Å². The Bertz CT molecular complexity index is 997. The van der Waals surface area contributed by atoms with Gasteiger partial charge < -0.3 is 4.81 Å². The van der Waals surface area contributed by atoms with Gasteiger partial charge in [-0.1, -0.05) is 60.6 Å². The molecule has 22 heavy (non-hydrogen) atoms. The topological polar surface area (TPSA) is 3.24 Å². The maximum Gasteiger partial charge on any atom is 0.320 e. The molecule has 0 N–H and O–H groups in total. The zero-order valence-corrected chi connectivity index (χ0v) is 12.1. The molecule has 3 aromatic rings. The van der Waals surface area contributed by atoms with Gasteiger partial charge in [-0.3, -0.25) is 0 Å². The van der Waals surface area contributed by atoms with Gasteiger partial charge in [-0.2, -0.15) is 0 Å². The molecule has 0 atom stereocenters. The SMILES string of the molecule is C1=CB2c3c(ccc4ccc5ccccc5c34)C=CN2C=C1. The molecule has 2 aliphatic heterocycles. The number of hydrogen-bond donors (Lipinski definition) is 0. The van der Waals surface area contributed by atoms with E-state index in [9.17, 15) is 0 Å². The first-order chi connectivity index (χ1) is 10.9. The Morgan fingerprint density at radius 1 is 0.773 bits per heavy atom. The van der Waals surface area contributed by atoms with Crippen molar-refractivity contribution >= 4 is 39.9 Å². The summed E-state index contributed by atoms with van der Waals surface area (Å²) >= 11 is 0. The lowest BCUT2D eigenvalue weighted by Gasteiger charge is -2.30. The molecule has 0 aromatic heterocycles. The van der Waals surface area contributed by atoms with Crippen LogP contribution in [0.5, 0.6) is 0 Å². The summed E-state index contributed by atoms with van der Waals surface area (Å²) in [6, 6.07) is 17.6. The summed E-state index contributed by atoms with van der Waals surface area (Å²) in [5.41, 5.74) is 2.74. The molecule has 2 aliphatic rings. The van der Waals surface area contributed by atoms with E-state index in [-0.39, 0.29) is 0 Å². The standard InChI is InChI=1S/C20H14BN/c1-2-6-18-15(5-1)7-8-16-9-10-17-11-14-22-13-4-3-12-21(22)20(17)19(16)18/h1-14H. The smallest absolute Gasteiger partial charge is 0.320 e. The van der Waals surface area contributed by atoms with E-state index in [0.717, 1.165) is 0 Å². The summed E-state index contributed by atoms with van der Waals surface area (Å²) in [6.07, 6.45) is 10.8. The van der Waals surface area contributed by atoms with Gasteiger partial charge in [0.1, 0.15) is 0 Å². The normalized spacial score (nSPS) is 15.5. The molecule has 5 rings (SSSR count). The lowest BCUT2D eigenvalue weighted by molar-refractivity contribution is 0.798. The van der Waals surface area contributed by atoms with Gasteiger partial charge in [0.2, 0.25) is 0 Å². The molecular formula is C20H14BN. The molecule has 0 fully saturated rings.